The first-order valence-corrected chi connectivity index (χ1v) is 3.84. The zero-order valence-corrected chi connectivity index (χ0v) is 10.0. The molecule has 1 rings (SSSR count). The average Bonchev–Trinajstić information content (AvgIpc) is 2.02. The third-order valence-corrected chi connectivity index (χ3v) is 1.68. The molecule has 4 nitrogen and oxygen atoms in total. The maximum Gasteiger partial charge on any atom is 2.00 e. The molecule has 0 aromatic heterocycles. The van der Waals surface area contributed by atoms with Crippen molar-refractivity contribution in [3.8, 4) is 17.2 Å². The Bertz CT molecular complexity index is 326. The fourth-order valence-electron chi connectivity index (χ4n) is 1.06. The molecule has 0 saturated carbocycles. The summed E-state index contributed by atoms with van der Waals surface area (Å²) in [5, 5.41) is 27.4. The Morgan fingerprint density at radius 1 is 1.21 bits per heavy atom. The first kappa shape index (κ1) is 13.5. The van der Waals surface area contributed by atoms with Gasteiger partial charge in [0.25, 0.3) is 0 Å². The van der Waals surface area contributed by atoms with E-state index in [4.69, 9.17) is 5.11 Å². The van der Waals surface area contributed by atoms with Gasteiger partial charge in [-0.25, -0.2) is 0 Å². The summed E-state index contributed by atoms with van der Waals surface area (Å²) in [5.41, 5.74) is -0.139. The van der Waals surface area contributed by atoms with E-state index < -0.39 is 11.5 Å². The molecule has 0 aliphatic carbocycles. The average molecular weight is 222 g/mol. The number of phenolic OH excluding ortho intramolecular Hbond substituents is 3. The minimum absolute atomic E-state index is 0. The molecule has 0 spiro atoms. The van der Waals surface area contributed by atoms with Crippen molar-refractivity contribution < 1.29 is 20.1 Å². The summed E-state index contributed by atoms with van der Waals surface area (Å²) in [7, 11) is 0. The second-order valence-corrected chi connectivity index (χ2v) is 2.64. The Morgan fingerprint density at radius 3 is 2.00 bits per heavy atom. The van der Waals surface area contributed by atoms with Gasteiger partial charge in [-0.3, -0.25) is 4.79 Å². The van der Waals surface area contributed by atoms with Gasteiger partial charge in [0.15, 0.2) is 5.78 Å². The molecule has 1 aromatic carbocycles. The Kier molecular flexibility index (Phi) is 5.26. The molecule has 70 valence electrons. The standard InChI is InChI=1S/C9H10O4.Ca/c1-2-6(11)9-7(12)3-5(10)4-8(9)13;/h3-4,10,12-13H,2H2,1H3;/q;+2. The minimum atomic E-state index is -0.399. The predicted octanol–water partition coefficient (Wildman–Crippen LogP) is 1.02. The molecule has 0 radical (unpaired) electrons. The van der Waals surface area contributed by atoms with Crippen LogP contribution in [0.15, 0.2) is 12.1 Å². The number of benzene rings is 1. The zero-order chi connectivity index (χ0) is 10.0. The number of carbonyl (C=O) groups excluding carboxylic acids is 1. The van der Waals surface area contributed by atoms with E-state index in [0.29, 0.717) is 0 Å². The quantitative estimate of drug-likeness (QED) is 0.515. The number of hydrogen-bond acceptors (Lipinski definition) is 4. The van der Waals surface area contributed by atoms with Gasteiger partial charge in [-0.2, -0.15) is 0 Å². The second kappa shape index (κ2) is 5.44. The number of carbonyl (C=O) groups is 1. The molecule has 1 aromatic rings. The van der Waals surface area contributed by atoms with E-state index in [0.717, 1.165) is 12.1 Å². The zero-order valence-electron chi connectivity index (χ0n) is 7.82. The summed E-state index contributed by atoms with van der Waals surface area (Å²) in [5.74, 6) is -1.44. The van der Waals surface area contributed by atoms with Crippen molar-refractivity contribution in [2.24, 2.45) is 0 Å². The van der Waals surface area contributed by atoms with Gasteiger partial charge in [0.1, 0.15) is 22.8 Å². The molecule has 0 bridgehead atoms. The Hall–Kier alpha value is -0.450. The van der Waals surface area contributed by atoms with Crippen LogP contribution >= 0.6 is 0 Å². The summed E-state index contributed by atoms with van der Waals surface area (Å²) in [6, 6.07) is 2.03. The molecule has 0 atom stereocenters. The van der Waals surface area contributed by atoms with Gasteiger partial charge in [-0.05, 0) is 0 Å². The molecule has 0 saturated heterocycles. The Morgan fingerprint density at radius 2 is 1.64 bits per heavy atom. The summed E-state index contributed by atoms with van der Waals surface area (Å²) in [6.07, 6.45) is 0.186. The van der Waals surface area contributed by atoms with Crippen LogP contribution in [0.1, 0.15) is 23.7 Å². The van der Waals surface area contributed by atoms with Crippen LogP contribution in [0.2, 0.25) is 0 Å². The van der Waals surface area contributed by atoms with Gasteiger partial charge in [0.2, 0.25) is 0 Å². The maximum atomic E-state index is 11.2. The number of phenols is 3. The second-order valence-electron chi connectivity index (χ2n) is 2.64. The van der Waals surface area contributed by atoms with Gasteiger partial charge >= 0.3 is 37.7 Å². The SMILES string of the molecule is CCC(=O)c1c(O)cc(O)cc1O.[Ca+2]. The number of hydrogen-bond donors (Lipinski definition) is 3. The van der Waals surface area contributed by atoms with E-state index >= 15 is 0 Å². The maximum absolute atomic E-state index is 11.2. The van der Waals surface area contributed by atoms with E-state index in [1.54, 1.807) is 6.92 Å². The predicted molar refractivity (Wildman–Crippen MR) is 51.8 cm³/mol. The van der Waals surface area contributed by atoms with Crippen LogP contribution in [-0.2, 0) is 0 Å². The van der Waals surface area contributed by atoms with E-state index in [1.165, 1.54) is 0 Å². The monoisotopic (exact) mass is 222 g/mol. The van der Waals surface area contributed by atoms with Crippen LogP contribution in [0.4, 0.5) is 0 Å². The van der Waals surface area contributed by atoms with Crippen molar-refractivity contribution in [3.05, 3.63) is 17.7 Å². The smallest absolute Gasteiger partial charge is 0.508 e. The normalized spacial score (nSPS) is 9.21. The summed E-state index contributed by atoms with van der Waals surface area (Å²) < 4.78 is 0. The Balaban J connectivity index is 0.00000169. The van der Waals surface area contributed by atoms with Gasteiger partial charge < -0.3 is 15.3 Å². The molecule has 0 amide bonds. The van der Waals surface area contributed by atoms with Crippen molar-refractivity contribution in [1.82, 2.24) is 0 Å². The molecular formula is C9H10CaO4+2. The van der Waals surface area contributed by atoms with Crippen LogP contribution in [-0.4, -0.2) is 58.8 Å². The fraction of sp³-hybridized carbons (Fsp3) is 0.222. The molecule has 0 unspecified atom stereocenters. The van der Waals surface area contributed by atoms with Gasteiger partial charge in [-0.15, -0.1) is 0 Å². The van der Waals surface area contributed by atoms with Gasteiger partial charge in [0, 0.05) is 18.6 Å². The third-order valence-electron chi connectivity index (χ3n) is 1.68. The molecular weight excluding hydrogens is 212 g/mol. The van der Waals surface area contributed by atoms with E-state index in [2.05, 4.69) is 0 Å². The number of ketones is 1. The van der Waals surface area contributed by atoms with Crippen molar-refractivity contribution in [1.29, 1.82) is 0 Å². The van der Waals surface area contributed by atoms with Crippen LogP contribution in [0, 0.1) is 0 Å². The van der Waals surface area contributed by atoms with Crippen molar-refractivity contribution in [2.45, 2.75) is 13.3 Å². The number of Topliss-reactive ketones (excluding diaryl/α,β-unsaturated/α-hetero) is 1. The molecule has 0 aliphatic rings. The molecule has 0 aliphatic heterocycles. The minimum Gasteiger partial charge on any atom is -0.508 e. The summed E-state index contributed by atoms with van der Waals surface area (Å²) in [4.78, 5) is 11.2. The topological polar surface area (TPSA) is 77.8 Å². The first-order chi connectivity index (χ1) is 6.06. The molecule has 14 heavy (non-hydrogen) atoms. The molecule has 0 heterocycles. The van der Waals surface area contributed by atoms with Crippen LogP contribution < -0.4 is 0 Å². The third kappa shape index (κ3) is 2.77. The largest absolute Gasteiger partial charge is 2.00 e. The van der Waals surface area contributed by atoms with Crippen LogP contribution in [0.25, 0.3) is 0 Å². The van der Waals surface area contributed by atoms with Gasteiger partial charge in [0.05, 0.1) is 0 Å². The number of aromatic hydroxyl groups is 3. The fourth-order valence-corrected chi connectivity index (χ4v) is 1.06. The van der Waals surface area contributed by atoms with Crippen molar-refractivity contribution >= 4 is 43.5 Å². The van der Waals surface area contributed by atoms with E-state index in [9.17, 15) is 15.0 Å². The first-order valence-electron chi connectivity index (χ1n) is 3.84. The van der Waals surface area contributed by atoms with Crippen LogP contribution in [0.5, 0.6) is 17.2 Å². The molecule has 0 fully saturated rings. The molecule has 5 heteroatoms. The summed E-state index contributed by atoms with van der Waals surface area (Å²) >= 11 is 0. The number of rotatable bonds is 2. The van der Waals surface area contributed by atoms with E-state index in [1.807, 2.05) is 0 Å². The summed E-state index contributed by atoms with van der Waals surface area (Å²) in [6.45, 7) is 1.62. The molecule has 3 N–H and O–H groups in total. The van der Waals surface area contributed by atoms with Crippen molar-refractivity contribution in [2.75, 3.05) is 0 Å². The van der Waals surface area contributed by atoms with Crippen molar-refractivity contribution in [3.63, 3.8) is 0 Å². The Labute approximate surface area is 111 Å². The van der Waals surface area contributed by atoms with Crippen LogP contribution in [0.3, 0.4) is 0 Å². The van der Waals surface area contributed by atoms with E-state index in [-0.39, 0.29) is 61.3 Å². The van der Waals surface area contributed by atoms with Gasteiger partial charge in [-0.1, -0.05) is 6.92 Å².